The summed E-state index contributed by atoms with van der Waals surface area (Å²) in [5.41, 5.74) is 20.6. The number of aliphatic imine (C=N–C) groups is 1. The van der Waals surface area contributed by atoms with Gasteiger partial charge in [0.25, 0.3) is 5.91 Å². The number of nitrogen functional groups attached to an aromatic ring is 1. The summed E-state index contributed by atoms with van der Waals surface area (Å²) in [5.74, 6) is -9.18. The van der Waals surface area contributed by atoms with Crippen LogP contribution in [-0.4, -0.2) is 185 Å². The van der Waals surface area contributed by atoms with Crippen molar-refractivity contribution in [2.45, 2.75) is 127 Å². The number of nitrogens with two attached hydrogens (primary N) is 4. The van der Waals surface area contributed by atoms with Gasteiger partial charge in [0.1, 0.15) is 60.4 Å². The maximum atomic E-state index is 13.5. The lowest BCUT2D eigenvalue weighted by Crippen LogP contribution is -2.60. The largest absolute Gasteiger partial charge is 0.391 e. The van der Waals surface area contributed by atoms with Crippen LogP contribution in [0.1, 0.15) is 66.0 Å². The van der Waals surface area contributed by atoms with Crippen LogP contribution in [0, 0.1) is 5.92 Å². The lowest BCUT2D eigenvalue weighted by molar-refractivity contribution is -0.136. The summed E-state index contributed by atoms with van der Waals surface area (Å²) in [7, 11) is -5.01. The number of hydrogen-bond acceptors (Lipinski definition) is 21. The maximum Gasteiger partial charge on any atom is 0.362 e. The highest BCUT2D eigenvalue weighted by Gasteiger charge is 2.45. The second-order valence-corrected chi connectivity index (χ2v) is 19.1. The molecule has 1 saturated heterocycles. The van der Waals surface area contributed by atoms with E-state index in [2.05, 4.69) is 47.2 Å². The van der Waals surface area contributed by atoms with E-state index in [-0.39, 0.29) is 44.0 Å². The van der Waals surface area contributed by atoms with Gasteiger partial charge in [0, 0.05) is 12.7 Å². The normalized spacial score (nSPS) is 19.5. The number of aliphatic hydroxyl groups excluding tert-OH is 3. The molecule has 2 heterocycles. The van der Waals surface area contributed by atoms with Crippen LogP contribution in [0.25, 0.3) is 0 Å². The molecular weight excluding hydrogens is 1030 g/mol. The summed E-state index contributed by atoms with van der Waals surface area (Å²) in [4.78, 5) is 136. The first kappa shape index (κ1) is 63.4. The Bertz CT molecular complexity index is 2340. The molecule has 416 valence electrons. The van der Waals surface area contributed by atoms with Gasteiger partial charge < -0.3 is 80.2 Å². The molecule has 0 unspecified atom stereocenters. The number of ether oxygens (including phenoxy) is 1. The highest BCUT2D eigenvalue weighted by Crippen LogP contribution is 2.29. The number of anilines is 1. The van der Waals surface area contributed by atoms with Gasteiger partial charge >= 0.3 is 16.0 Å². The minimum atomic E-state index is -5.01. The average molecular weight is 1090 g/mol. The molecule has 0 aromatic carbocycles. The summed E-state index contributed by atoms with van der Waals surface area (Å²) < 4.78 is 38.4. The van der Waals surface area contributed by atoms with Crippen LogP contribution >= 0.6 is 11.8 Å². The maximum absolute atomic E-state index is 13.5. The molecule has 1 aliphatic heterocycles. The molecule has 12 atom stereocenters. The molecule has 0 bridgehead atoms. The molecule has 9 amide bonds. The number of aliphatic hydroxyl groups is 3. The van der Waals surface area contributed by atoms with Gasteiger partial charge in [0.2, 0.25) is 47.8 Å². The Morgan fingerprint density at radius 1 is 0.892 bits per heavy atom. The van der Waals surface area contributed by atoms with Crippen LogP contribution in [0.4, 0.5) is 5.82 Å². The van der Waals surface area contributed by atoms with Crippen LogP contribution < -0.4 is 70.6 Å². The molecule has 1 aromatic heterocycles. The second-order valence-electron chi connectivity index (χ2n) is 16.8. The predicted molar refractivity (Wildman–Crippen MR) is 261 cm³/mol. The Morgan fingerprint density at radius 3 is 2.11 bits per heavy atom. The standard InChI is InChI=1S/C40H67N15O17S2/c1-6-18(2)28(37(67)54-74(69,70)71-16-24-30(60)31(61)38(72-24)55-12-9-25(41)51-40(55)68)52-32(62)19(3)48-35(65)23(14-26(42)58)49-27(59)15-46-36(66)29(20(4)57)53-34(64)22(8-7-11-45-39(43)44)50-33(63)21(47-17-56)10-13-73-5/h9,12,17-24,28-31,38,57,60-61H,6-8,10-11,13-16H2,1-5H3,(H2,42,58)(H,46,66)(H,47,56)(H,48,65)(H,49,59)(H,50,63)(H,52,62)(H,53,64)(H,54,67)(H2,41,51,68)(H4,43,44,45)/t18-,19-,20+,21-,22-,23-,24+,28-,29-,30+,31+,38+/m0/s1. The number of aromatic nitrogens is 2. The third-order valence-electron chi connectivity index (χ3n) is 10.9. The second kappa shape index (κ2) is 30.5. The molecule has 19 N–H and O–H groups in total. The highest BCUT2D eigenvalue weighted by atomic mass is 32.2. The molecule has 1 aromatic rings. The van der Waals surface area contributed by atoms with Gasteiger partial charge in [-0.2, -0.15) is 25.2 Å². The summed E-state index contributed by atoms with van der Waals surface area (Å²) in [6.07, 6.45) is -5.33. The van der Waals surface area contributed by atoms with Crippen molar-refractivity contribution in [2.24, 2.45) is 28.1 Å². The molecule has 32 nitrogen and oxygen atoms in total. The fraction of sp³-hybridized carbons (Fsp3) is 0.650. The van der Waals surface area contributed by atoms with E-state index in [1.807, 2.05) is 0 Å². The Balaban J connectivity index is 2.09. The average Bonchev–Trinajstić information content (AvgIpc) is 3.60. The first-order valence-electron chi connectivity index (χ1n) is 22.7. The van der Waals surface area contributed by atoms with E-state index in [0.29, 0.717) is 12.2 Å². The number of amides is 9. The Labute approximate surface area is 428 Å². The summed E-state index contributed by atoms with van der Waals surface area (Å²) in [6.45, 7) is 3.52. The number of hydrogen-bond donors (Lipinski definition) is 15. The SMILES string of the molecule is CC[C@H](C)[C@H](NC(=O)[C@H](C)NC(=O)[C@H](CC(N)=O)NC(=O)CNC(=O)[C@@H](NC(=O)[C@H](CCCN=C(N)N)NC(=O)[C@H](CCSC)NC=O)[C@@H](C)O)C(=O)NS(=O)(=O)OC[C@H]1O[C@@H](n2ccc(N)nc2=O)[C@H](O)[C@@H]1O. The molecule has 1 fully saturated rings. The lowest BCUT2D eigenvalue weighted by atomic mass is 9.98. The molecule has 1 aliphatic rings. The number of thioether (sulfide) groups is 1. The van der Waals surface area contributed by atoms with E-state index >= 15 is 0 Å². The Morgan fingerprint density at radius 2 is 1.53 bits per heavy atom. The van der Waals surface area contributed by atoms with Crippen molar-refractivity contribution < 1.29 is 75.8 Å². The van der Waals surface area contributed by atoms with E-state index in [9.17, 15) is 71.7 Å². The number of nitrogens with one attached hydrogen (secondary N) is 8. The predicted octanol–water partition coefficient (Wildman–Crippen LogP) is -8.39. The van der Waals surface area contributed by atoms with Crippen molar-refractivity contribution in [3.63, 3.8) is 0 Å². The molecule has 0 radical (unpaired) electrons. The third kappa shape index (κ3) is 20.7. The van der Waals surface area contributed by atoms with Gasteiger partial charge in [-0.15, -0.1) is 0 Å². The monoisotopic (exact) mass is 1090 g/mol. The van der Waals surface area contributed by atoms with E-state index in [1.54, 1.807) is 17.9 Å². The van der Waals surface area contributed by atoms with E-state index in [4.69, 9.17) is 31.9 Å². The van der Waals surface area contributed by atoms with Gasteiger partial charge in [-0.25, -0.2) is 9.52 Å². The minimum Gasteiger partial charge on any atom is -0.391 e. The van der Waals surface area contributed by atoms with Crippen LogP contribution in [-0.2, 0) is 62.4 Å². The first-order chi connectivity index (χ1) is 34.7. The van der Waals surface area contributed by atoms with E-state index in [1.165, 1.54) is 24.8 Å². The van der Waals surface area contributed by atoms with Crippen molar-refractivity contribution in [3.05, 3.63) is 22.7 Å². The van der Waals surface area contributed by atoms with E-state index in [0.717, 1.165) is 24.6 Å². The first-order valence-corrected chi connectivity index (χ1v) is 25.5. The van der Waals surface area contributed by atoms with Crippen LogP contribution in [0.15, 0.2) is 22.1 Å². The Hall–Kier alpha value is -6.72. The van der Waals surface area contributed by atoms with Crippen LogP contribution in [0.2, 0.25) is 0 Å². The minimum absolute atomic E-state index is 0.0458. The van der Waals surface area contributed by atoms with Crippen molar-refractivity contribution in [3.8, 4) is 0 Å². The zero-order valence-corrected chi connectivity index (χ0v) is 42.7. The van der Waals surface area contributed by atoms with Gasteiger partial charge in [-0.1, -0.05) is 20.3 Å². The van der Waals surface area contributed by atoms with Crippen molar-refractivity contribution >= 4 is 87.5 Å². The molecule has 0 saturated carbocycles. The van der Waals surface area contributed by atoms with Crippen LogP contribution in [0.3, 0.4) is 0 Å². The highest BCUT2D eigenvalue weighted by molar-refractivity contribution is 7.98. The zero-order valence-electron chi connectivity index (χ0n) is 41.0. The summed E-state index contributed by atoms with van der Waals surface area (Å²) in [6, 6.07) is -7.79. The van der Waals surface area contributed by atoms with Gasteiger partial charge in [0.05, 0.1) is 25.7 Å². The molecular formula is C40H67N15O17S2. The summed E-state index contributed by atoms with van der Waals surface area (Å²) in [5, 5.41) is 47.5. The van der Waals surface area contributed by atoms with Gasteiger partial charge in [-0.3, -0.25) is 56.9 Å². The fourth-order valence-corrected chi connectivity index (χ4v) is 7.91. The Kier molecular flexibility index (Phi) is 26.1. The fourth-order valence-electron chi connectivity index (χ4n) is 6.69. The van der Waals surface area contributed by atoms with Crippen LogP contribution in [0.5, 0.6) is 0 Å². The van der Waals surface area contributed by atoms with Gasteiger partial charge in [0.15, 0.2) is 12.2 Å². The number of guanidine groups is 1. The molecule has 2 rings (SSSR count). The molecule has 0 spiro atoms. The number of primary amides is 1. The number of rotatable bonds is 32. The third-order valence-corrected chi connectivity index (χ3v) is 12.5. The molecule has 0 aliphatic carbocycles. The van der Waals surface area contributed by atoms with Gasteiger partial charge in [-0.05, 0) is 57.1 Å². The number of carbonyl (C=O) groups is 9. The van der Waals surface area contributed by atoms with E-state index < -0.39 is 156 Å². The number of nitrogens with zero attached hydrogens (tertiary/aromatic N) is 3. The molecule has 34 heteroatoms. The lowest BCUT2D eigenvalue weighted by Gasteiger charge is -2.26. The topological polar surface area (TPSA) is 514 Å². The van der Waals surface area contributed by atoms with Crippen molar-refractivity contribution in [1.29, 1.82) is 0 Å². The summed E-state index contributed by atoms with van der Waals surface area (Å²) >= 11 is 1.40. The quantitative estimate of drug-likeness (QED) is 0.0138. The molecule has 74 heavy (non-hydrogen) atoms. The zero-order chi connectivity index (χ0) is 56.0. The van der Waals surface area contributed by atoms with Crippen molar-refractivity contribution in [1.82, 2.24) is 51.5 Å². The smallest absolute Gasteiger partial charge is 0.362 e. The van der Waals surface area contributed by atoms with Crippen molar-refractivity contribution in [2.75, 3.05) is 37.4 Å². The number of carbonyl (C=O) groups excluding carboxylic acids is 9.